The predicted octanol–water partition coefficient (Wildman–Crippen LogP) is 2.45. The second-order valence-corrected chi connectivity index (χ2v) is 7.45. The first kappa shape index (κ1) is 17.6. The van der Waals surface area contributed by atoms with Crippen LogP contribution in [0.3, 0.4) is 0 Å². The van der Waals surface area contributed by atoms with Crippen LogP contribution in [0.25, 0.3) is 0 Å². The van der Waals surface area contributed by atoms with Gasteiger partial charge < -0.3 is 14.6 Å². The first-order chi connectivity index (χ1) is 14.2. The molecule has 2 aliphatic rings. The van der Waals surface area contributed by atoms with Crippen molar-refractivity contribution >= 4 is 11.7 Å². The maximum absolute atomic E-state index is 12.7. The van der Waals surface area contributed by atoms with Gasteiger partial charge in [0, 0.05) is 12.3 Å². The second-order valence-electron chi connectivity index (χ2n) is 7.45. The molecule has 2 aromatic heterocycles. The Hall–Kier alpha value is -3.48. The Morgan fingerprint density at radius 2 is 1.97 bits per heavy atom. The zero-order valence-corrected chi connectivity index (χ0v) is 15.6. The number of benzene rings is 1. The van der Waals surface area contributed by atoms with Crippen LogP contribution in [-0.4, -0.2) is 34.5 Å². The van der Waals surface area contributed by atoms with E-state index in [-0.39, 0.29) is 29.9 Å². The van der Waals surface area contributed by atoms with Crippen molar-refractivity contribution in [3.63, 3.8) is 0 Å². The molecule has 146 valence electrons. The highest BCUT2D eigenvalue weighted by atomic mass is 16.5. The van der Waals surface area contributed by atoms with E-state index >= 15 is 0 Å². The average Bonchev–Trinajstić information content (AvgIpc) is 3.44. The molecule has 3 heterocycles. The lowest BCUT2D eigenvalue weighted by Gasteiger charge is -2.14. The first-order valence-electron chi connectivity index (χ1n) is 9.59. The minimum absolute atomic E-state index is 0.0575. The van der Waals surface area contributed by atoms with Gasteiger partial charge in [-0.25, -0.2) is 0 Å². The van der Waals surface area contributed by atoms with Crippen molar-refractivity contribution in [1.29, 1.82) is 0 Å². The first-order valence-corrected chi connectivity index (χ1v) is 9.59. The van der Waals surface area contributed by atoms with Crippen molar-refractivity contribution in [2.75, 3.05) is 6.61 Å². The Morgan fingerprint density at radius 3 is 2.76 bits per heavy atom. The van der Waals surface area contributed by atoms with Crippen LogP contribution in [0.15, 0.2) is 59.3 Å². The molecule has 1 N–H and O–H groups in total. The van der Waals surface area contributed by atoms with Crippen LogP contribution in [0.2, 0.25) is 0 Å². The van der Waals surface area contributed by atoms with E-state index in [0.717, 1.165) is 18.4 Å². The highest BCUT2D eigenvalue weighted by molar-refractivity contribution is 5.97. The Balaban J connectivity index is 1.31. The number of carbonyl (C=O) groups excluding carboxylic acids is 2. The topological polar surface area (TPSA) is 94.3 Å². The summed E-state index contributed by atoms with van der Waals surface area (Å²) in [6.45, 7) is 0.0575. The van der Waals surface area contributed by atoms with Gasteiger partial charge in [-0.05, 0) is 30.5 Å². The van der Waals surface area contributed by atoms with E-state index in [1.165, 1.54) is 0 Å². The van der Waals surface area contributed by atoms with E-state index in [1.807, 2.05) is 18.2 Å². The van der Waals surface area contributed by atoms with E-state index < -0.39 is 11.9 Å². The molecule has 0 saturated heterocycles. The molecule has 0 spiro atoms. The Kier molecular flexibility index (Phi) is 4.16. The summed E-state index contributed by atoms with van der Waals surface area (Å²) in [5, 5.41) is 6.67. The molecule has 1 aliphatic heterocycles. The van der Waals surface area contributed by atoms with Gasteiger partial charge in [0.05, 0.1) is 17.5 Å². The molecular weight excluding hydrogens is 370 g/mol. The Bertz CT molecular complexity index is 1070. The van der Waals surface area contributed by atoms with Crippen molar-refractivity contribution in [3.8, 4) is 5.75 Å². The number of hydrogen-bond acceptors (Lipinski definition) is 6. The number of amides is 1. The van der Waals surface area contributed by atoms with Crippen LogP contribution >= 0.6 is 0 Å². The number of hydrogen-bond donors (Lipinski definition) is 1. The van der Waals surface area contributed by atoms with Crippen molar-refractivity contribution in [3.05, 3.63) is 77.4 Å². The molecule has 1 aliphatic carbocycles. The standard InChI is InChI=1S/C22H19N3O4/c26-18-11-15-19(7-4-10-23-15)28-13-17(18)24-21(27)16-12-20(29-25-16)22(8-9-22)14-5-2-1-3-6-14/h1-7,10,12,17H,8-9,11,13H2,(H,24,27)/t17-/m0/s1. The van der Waals surface area contributed by atoms with Crippen molar-refractivity contribution < 1.29 is 18.8 Å². The van der Waals surface area contributed by atoms with E-state index in [9.17, 15) is 9.59 Å². The van der Waals surface area contributed by atoms with Gasteiger partial charge in [0.2, 0.25) is 0 Å². The molecule has 29 heavy (non-hydrogen) atoms. The van der Waals surface area contributed by atoms with Gasteiger partial charge in [0.15, 0.2) is 11.5 Å². The smallest absolute Gasteiger partial charge is 0.274 e. The summed E-state index contributed by atoms with van der Waals surface area (Å²) >= 11 is 0. The van der Waals surface area contributed by atoms with Crippen molar-refractivity contribution in [2.24, 2.45) is 0 Å². The molecule has 1 aromatic carbocycles. The number of fused-ring (bicyclic) bond motifs is 1. The maximum Gasteiger partial charge on any atom is 0.274 e. The number of nitrogens with one attached hydrogen (secondary N) is 1. The van der Waals surface area contributed by atoms with Gasteiger partial charge in [-0.2, -0.15) is 0 Å². The van der Waals surface area contributed by atoms with Gasteiger partial charge in [-0.3, -0.25) is 14.6 Å². The third-order valence-corrected chi connectivity index (χ3v) is 5.58. The van der Waals surface area contributed by atoms with Gasteiger partial charge in [0.25, 0.3) is 5.91 Å². The van der Waals surface area contributed by atoms with E-state index in [1.54, 1.807) is 24.4 Å². The van der Waals surface area contributed by atoms with Crippen molar-refractivity contribution in [1.82, 2.24) is 15.5 Å². The zero-order valence-electron chi connectivity index (χ0n) is 15.6. The summed E-state index contributed by atoms with van der Waals surface area (Å²) in [6, 6.07) is 14.5. The lowest BCUT2D eigenvalue weighted by molar-refractivity contribution is -0.120. The molecule has 0 bridgehead atoms. The fourth-order valence-corrected chi connectivity index (χ4v) is 3.76. The molecular formula is C22H19N3O4. The third-order valence-electron chi connectivity index (χ3n) is 5.58. The summed E-state index contributed by atoms with van der Waals surface area (Å²) in [7, 11) is 0. The number of ketones is 1. The van der Waals surface area contributed by atoms with Gasteiger partial charge in [0.1, 0.15) is 24.2 Å². The quantitative estimate of drug-likeness (QED) is 0.737. The summed E-state index contributed by atoms with van der Waals surface area (Å²) < 4.78 is 11.2. The third kappa shape index (κ3) is 3.18. The number of aromatic nitrogens is 2. The molecule has 0 radical (unpaired) electrons. The molecule has 1 fully saturated rings. The zero-order chi connectivity index (χ0) is 19.8. The minimum atomic E-state index is -0.763. The summed E-state index contributed by atoms with van der Waals surface area (Å²) in [5.41, 5.74) is 1.69. The van der Waals surface area contributed by atoms with Crippen LogP contribution in [-0.2, 0) is 16.6 Å². The van der Waals surface area contributed by atoms with Gasteiger partial charge in [-0.15, -0.1) is 0 Å². The van der Waals surface area contributed by atoms with Crippen molar-refractivity contribution in [2.45, 2.75) is 30.7 Å². The number of Topliss-reactive ketones (excluding diaryl/α,β-unsaturated/α-hetero) is 1. The van der Waals surface area contributed by atoms with Crippen LogP contribution in [0, 0.1) is 0 Å². The van der Waals surface area contributed by atoms with Crippen LogP contribution in [0.5, 0.6) is 5.75 Å². The number of nitrogens with zero attached hydrogens (tertiary/aromatic N) is 2. The molecule has 3 aromatic rings. The van der Waals surface area contributed by atoms with E-state index in [4.69, 9.17) is 9.26 Å². The molecule has 1 amide bonds. The van der Waals surface area contributed by atoms with E-state index in [0.29, 0.717) is 17.2 Å². The second kappa shape index (κ2) is 6.84. The number of carbonyl (C=O) groups is 2. The highest BCUT2D eigenvalue weighted by Gasteiger charge is 2.49. The van der Waals surface area contributed by atoms with E-state index in [2.05, 4.69) is 27.6 Å². The summed E-state index contributed by atoms with van der Waals surface area (Å²) in [6.07, 6.45) is 3.63. The van der Waals surface area contributed by atoms with Crippen LogP contribution in [0.1, 0.15) is 40.3 Å². The molecule has 1 saturated carbocycles. The Morgan fingerprint density at radius 1 is 1.14 bits per heavy atom. The van der Waals surface area contributed by atoms with Crippen LogP contribution < -0.4 is 10.1 Å². The maximum atomic E-state index is 12.7. The SMILES string of the molecule is O=C(N[C@H]1COc2cccnc2CC1=O)c1cc(C2(c3ccccc3)CC2)on1. The Labute approximate surface area is 167 Å². The lowest BCUT2D eigenvalue weighted by atomic mass is 9.93. The monoisotopic (exact) mass is 389 g/mol. The lowest BCUT2D eigenvalue weighted by Crippen LogP contribution is -2.44. The molecule has 0 unspecified atom stereocenters. The normalized spacial score (nSPS) is 19.6. The predicted molar refractivity (Wildman–Crippen MR) is 103 cm³/mol. The molecule has 5 rings (SSSR count). The number of pyridine rings is 1. The minimum Gasteiger partial charge on any atom is -0.489 e. The van der Waals surface area contributed by atoms with Gasteiger partial charge in [-0.1, -0.05) is 35.5 Å². The molecule has 1 atom stereocenters. The van der Waals surface area contributed by atoms with Gasteiger partial charge >= 0.3 is 0 Å². The fraction of sp³-hybridized carbons (Fsp3) is 0.273. The van der Waals surface area contributed by atoms with Crippen LogP contribution in [0.4, 0.5) is 0 Å². The highest BCUT2D eigenvalue weighted by Crippen LogP contribution is 2.53. The number of rotatable bonds is 4. The molecule has 7 heteroatoms. The fourth-order valence-electron chi connectivity index (χ4n) is 3.76. The average molecular weight is 389 g/mol. The number of ether oxygens (including phenoxy) is 1. The molecule has 7 nitrogen and oxygen atoms in total. The summed E-state index contributed by atoms with van der Waals surface area (Å²) in [5.74, 6) is 0.640. The largest absolute Gasteiger partial charge is 0.489 e. The summed E-state index contributed by atoms with van der Waals surface area (Å²) in [4.78, 5) is 29.4.